The molecule has 0 aromatic heterocycles. The number of rotatable bonds is 12. The molecule has 0 aliphatic carbocycles. The van der Waals surface area contributed by atoms with Gasteiger partial charge in [-0.1, -0.05) is 42.5 Å². The summed E-state index contributed by atoms with van der Waals surface area (Å²) in [7, 11) is 1.51. The molecule has 0 amide bonds. The second-order valence-corrected chi connectivity index (χ2v) is 10.7. The summed E-state index contributed by atoms with van der Waals surface area (Å²) in [5.74, 6) is 0.816. The van der Waals surface area contributed by atoms with E-state index < -0.39 is 0 Å². The van der Waals surface area contributed by atoms with Gasteiger partial charge in [0.05, 0.1) is 13.0 Å². The fourth-order valence-corrected chi connectivity index (χ4v) is 6.54. The number of carbonyl (C=O) groups excluding carboxylic acids is 1. The Hall–Kier alpha value is -1.12. The first-order valence-electron chi connectivity index (χ1n) is 13.0. The van der Waals surface area contributed by atoms with Crippen LogP contribution in [0.1, 0.15) is 37.2 Å². The number of hydrogen-bond acceptors (Lipinski definition) is 8. The SMILES string of the molecule is COC(=O)[C@H]1[C@@H](c2ccc3ccccc3c2)CC2CC[C@H]1N2CCCN(CC[S-])CC([O-])=NCC[S-].[O-2].[Re]. The quantitative estimate of drug-likeness (QED) is 0.143. The molecule has 0 spiro atoms. The van der Waals surface area contributed by atoms with Crippen molar-refractivity contribution in [2.75, 3.05) is 51.3 Å². The van der Waals surface area contributed by atoms with Gasteiger partial charge in [0.1, 0.15) is 0 Å². The smallest absolute Gasteiger partial charge is 0.310 e. The van der Waals surface area contributed by atoms with Gasteiger partial charge in [-0.15, -0.1) is 0 Å². The summed E-state index contributed by atoms with van der Waals surface area (Å²) < 4.78 is 5.34. The fraction of sp³-hybridized carbons (Fsp3) is 0.571. The summed E-state index contributed by atoms with van der Waals surface area (Å²) in [6.45, 7) is 3.09. The van der Waals surface area contributed by atoms with E-state index in [9.17, 15) is 9.90 Å². The third-order valence-corrected chi connectivity index (χ3v) is 8.14. The molecule has 0 saturated carbocycles. The van der Waals surface area contributed by atoms with Crippen LogP contribution < -0.4 is 5.11 Å². The van der Waals surface area contributed by atoms with Gasteiger partial charge in [0, 0.05) is 51.5 Å². The normalized spacial score (nSPS) is 23.2. The average Bonchev–Trinajstić information content (AvgIpc) is 3.17. The van der Waals surface area contributed by atoms with Crippen LogP contribution in [0, 0.1) is 5.92 Å². The van der Waals surface area contributed by atoms with Gasteiger partial charge in [-0.3, -0.25) is 9.69 Å². The molecule has 2 aliphatic heterocycles. The van der Waals surface area contributed by atoms with Crippen LogP contribution in [0.3, 0.4) is 0 Å². The summed E-state index contributed by atoms with van der Waals surface area (Å²) >= 11 is 10.1. The first kappa shape index (κ1) is 33.1. The maximum Gasteiger partial charge on any atom is 0.310 e. The van der Waals surface area contributed by atoms with Crippen molar-refractivity contribution >= 4 is 47.9 Å². The van der Waals surface area contributed by atoms with Crippen molar-refractivity contribution in [1.82, 2.24) is 9.80 Å². The van der Waals surface area contributed by atoms with E-state index in [0.717, 1.165) is 38.8 Å². The monoisotopic (exact) mass is 729 g/mol. The molecule has 0 N–H and O–H groups in total. The summed E-state index contributed by atoms with van der Waals surface area (Å²) in [5.41, 5.74) is 1.23. The number of carbonyl (C=O) groups is 1. The molecular formula is C28H36N3O4ReS2-5. The standard InChI is InChI=1S/C28H39N3O3S2.O.Re/c1-34-28(33)27-24(22-8-7-20-5-2-3-6-21(20)17-22)18-23-9-10-25(27)31(23)13-4-12-30(14-16-36)19-26(32)29-11-15-35;;/h2-3,5-8,17,23-25,27,35-36H,4,9-16,18-19H2,1H3,(H,29,32);;/q;-2;/p-3/t23?,24-,25-,27+;;/m1../s1. The molecule has 2 saturated heterocycles. The number of ether oxygens (including phenoxy) is 1. The summed E-state index contributed by atoms with van der Waals surface area (Å²) in [4.78, 5) is 21.7. The molecule has 2 heterocycles. The maximum atomic E-state index is 13.1. The van der Waals surface area contributed by atoms with Crippen LogP contribution >= 0.6 is 0 Å². The van der Waals surface area contributed by atoms with E-state index in [-0.39, 0.29) is 55.6 Å². The molecule has 10 heteroatoms. The predicted octanol–water partition coefficient (Wildman–Crippen LogP) is 2.37. The largest absolute Gasteiger partial charge is 2.00 e. The Balaban J connectivity index is 0.00000253. The van der Waals surface area contributed by atoms with E-state index in [1.54, 1.807) is 0 Å². The number of benzene rings is 2. The van der Waals surface area contributed by atoms with Crippen molar-refractivity contribution in [1.29, 1.82) is 0 Å². The topological polar surface area (TPSA) is 96.7 Å². The van der Waals surface area contributed by atoms with Gasteiger partial charge >= 0.3 is 5.97 Å². The fourth-order valence-electron chi connectivity index (χ4n) is 6.19. The Morgan fingerprint density at radius 1 is 1.13 bits per heavy atom. The number of methoxy groups -OCH3 is 1. The van der Waals surface area contributed by atoms with Crippen LogP contribution in [-0.4, -0.2) is 85.1 Å². The summed E-state index contributed by atoms with van der Waals surface area (Å²) in [6.07, 6.45) is 4.01. The minimum Gasteiger partial charge on any atom is -2.00 e. The van der Waals surface area contributed by atoms with Crippen molar-refractivity contribution in [2.24, 2.45) is 10.9 Å². The molecule has 2 aromatic carbocycles. The van der Waals surface area contributed by atoms with Gasteiger partial charge in [0.25, 0.3) is 0 Å². The second kappa shape index (κ2) is 16.2. The first-order valence-corrected chi connectivity index (χ1v) is 14.1. The molecule has 2 fully saturated rings. The zero-order valence-corrected chi connectivity index (χ0v) is 26.1. The molecular weight excluding hydrogens is 693 g/mol. The number of hydrogen-bond donors (Lipinski definition) is 0. The Bertz CT molecular complexity index is 1060. The van der Waals surface area contributed by atoms with Crippen molar-refractivity contribution in [3.05, 3.63) is 48.0 Å². The van der Waals surface area contributed by atoms with E-state index in [4.69, 9.17) is 30.0 Å². The summed E-state index contributed by atoms with van der Waals surface area (Å²) in [6, 6.07) is 15.6. The molecule has 2 aromatic rings. The Kier molecular flexibility index (Phi) is 14.1. The van der Waals surface area contributed by atoms with Crippen molar-refractivity contribution in [2.45, 2.75) is 43.7 Å². The average molecular weight is 729 g/mol. The molecule has 4 atom stereocenters. The van der Waals surface area contributed by atoms with Crippen molar-refractivity contribution in [3.8, 4) is 0 Å². The van der Waals surface area contributed by atoms with Crippen molar-refractivity contribution in [3.63, 3.8) is 0 Å². The third kappa shape index (κ3) is 7.97. The molecule has 2 aliphatic rings. The van der Waals surface area contributed by atoms with E-state index >= 15 is 0 Å². The number of esters is 1. The Morgan fingerprint density at radius 2 is 1.89 bits per heavy atom. The van der Waals surface area contributed by atoms with Crippen LogP contribution in [0.2, 0.25) is 0 Å². The number of nitrogens with zero attached hydrogens (tertiary/aromatic N) is 3. The summed E-state index contributed by atoms with van der Waals surface area (Å²) in [5, 5.41) is 14.5. The second-order valence-electron chi connectivity index (χ2n) is 9.85. The number of aliphatic imine (C=N–C) groups is 1. The predicted molar refractivity (Wildman–Crippen MR) is 149 cm³/mol. The first-order chi connectivity index (χ1) is 17.5. The van der Waals surface area contributed by atoms with Gasteiger partial charge in [-0.2, -0.15) is 11.5 Å². The number of fused-ring (bicyclic) bond motifs is 3. The Morgan fingerprint density at radius 3 is 2.61 bits per heavy atom. The van der Waals surface area contributed by atoms with Crippen LogP contribution in [0.15, 0.2) is 47.5 Å². The van der Waals surface area contributed by atoms with Gasteiger partial charge < -0.3 is 50.5 Å². The Labute approximate surface area is 251 Å². The maximum absolute atomic E-state index is 13.1. The van der Waals surface area contributed by atoms with Gasteiger partial charge in [-0.05, 0) is 67.6 Å². The van der Waals surface area contributed by atoms with Gasteiger partial charge in [0.2, 0.25) is 0 Å². The van der Waals surface area contributed by atoms with E-state index in [0.29, 0.717) is 37.2 Å². The molecule has 38 heavy (non-hydrogen) atoms. The van der Waals surface area contributed by atoms with E-state index in [2.05, 4.69) is 57.3 Å². The van der Waals surface area contributed by atoms with E-state index in [1.165, 1.54) is 23.4 Å². The molecule has 4 rings (SSSR count). The molecule has 1 radical (unpaired) electrons. The van der Waals surface area contributed by atoms with Gasteiger partial charge in [-0.25, -0.2) is 0 Å². The van der Waals surface area contributed by atoms with Gasteiger partial charge in [0.15, 0.2) is 0 Å². The van der Waals surface area contributed by atoms with Crippen LogP contribution in [0.25, 0.3) is 10.8 Å². The molecule has 211 valence electrons. The molecule has 7 nitrogen and oxygen atoms in total. The van der Waals surface area contributed by atoms with Crippen molar-refractivity contribution < 1.29 is 40.5 Å². The minimum absolute atomic E-state index is 0. The zero-order valence-electron chi connectivity index (χ0n) is 21.8. The minimum atomic E-state index is -0.169. The molecule has 2 bridgehead atoms. The van der Waals surface area contributed by atoms with Crippen LogP contribution in [0.4, 0.5) is 0 Å². The van der Waals surface area contributed by atoms with Crippen LogP contribution in [0.5, 0.6) is 0 Å². The number of piperidine rings is 1. The van der Waals surface area contributed by atoms with E-state index in [1.807, 2.05) is 0 Å². The third-order valence-electron chi connectivity index (χ3n) is 7.78. The zero-order chi connectivity index (χ0) is 25.5. The van der Waals surface area contributed by atoms with Crippen LogP contribution in [-0.2, 0) is 60.7 Å². The molecule has 1 unspecified atom stereocenters.